The Balaban J connectivity index is 1.73. The quantitative estimate of drug-likeness (QED) is 0.137. The maximum Gasteiger partial charge on any atom is 0.271 e. The first-order chi connectivity index (χ1) is 17.6. The molecule has 0 amide bonds. The second-order valence-corrected chi connectivity index (χ2v) is 13.7. The lowest BCUT2D eigenvalue weighted by Gasteiger charge is -2.17. The molecule has 0 fully saturated rings. The maximum absolute atomic E-state index is 13.6. The highest BCUT2D eigenvalue weighted by Gasteiger charge is 2.18. The van der Waals surface area contributed by atoms with Gasteiger partial charge in [-0.25, -0.2) is 0 Å². The van der Waals surface area contributed by atoms with Crippen LogP contribution >= 0.6 is 38.6 Å². The van der Waals surface area contributed by atoms with E-state index in [1.54, 1.807) is 4.57 Å². The Morgan fingerprint density at radius 2 is 1.28 bits per heavy atom. The van der Waals surface area contributed by atoms with E-state index in [9.17, 15) is 9.59 Å². The van der Waals surface area contributed by atoms with Gasteiger partial charge in [0.1, 0.15) is 9.40 Å². The first-order valence-electron chi connectivity index (χ1n) is 14.3. The van der Waals surface area contributed by atoms with Crippen LogP contribution in [0.5, 0.6) is 0 Å². The summed E-state index contributed by atoms with van der Waals surface area (Å²) in [5, 5.41) is 3.79. The number of nitrogens with zero attached hydrogens (tertiary/aromatic N) is 1. The molecule has 36 heavy (non-hydrogen) atoms. The minimum absolute atomic E-state index is 0.103. The molecule has 3 nitrogen and oxygen atoms in total. The van der Waals surface area contributed by atoms with Crippen LogP contribution in [0.2, 0.25) is 0 Å². The zero-order valence-electron chi connectivity index (χ0n) is 22.3. The van der Waals surface area contributed by atoms with Crippen LogP contribution in [0.1, 0.15) is 117 Å². The first-order valence-corrected chi connectivity index (χ1v) is 16.8. The molecule has 200 valence electrons. The fourth-order valence-corrected chi connectivity index (χ4v) is 7.69. The number of aromatic nitrogens is 1. The number of hydrogen-bond acceptors (Lipinski definition) is 4. The van der Waals surface area contributed by atoms with Crippen LogP contribution in [0, 0.1) is 5.92 Å². The van der Waals surface area contributed by atoms with Gasteiger partial charge in [-0.2, -0.15) is 0 Å². The van der Waals surface area contributed by atoms with Crippen molar-refractivity contribution >= 4 is 58.8 Å². The highest BCUT2D eigenvalue weighted by atomic mass is 79.9. The van der Waals surface area contributed by atoms with Gasteiger partial charge in [-0.05, 0) is 52.2 Å². The smallest absolute Gasteiger partial charge is 0.271 e. The molecule has 6 heteroatoms. The first kappa shape index (κ1) is 29.6. The normalized spacial score (nSPS) is 12.6. The largest absolute Gasteiger partial charge is 0.273 e. The molecule has 0 aliphatic rings. The van der Waals surface area contributed by atoms with E-state index in [1.165, 1.54) is 113 Å². The molecular formula is C30H44BrNO2S2. The van der Waals surface area contributed by atoms with E-state index in [2.05, 4.69) is 29.8 Å². The topological polar surface area (TPSA) is 39.1 Å². The van der Waals surface area contributed by atoms with Crippen molar-refractivity contribution in [1.29, 1.82) is 0 Å². The van der Waals surface area contributed by atoms with Gasteiger partial charge in [0.2, 0.25) is 0 Å². The number of thiophene rings is 2. The average molecular weight is 595 g/mol. The summed E-state index contributed by atoms with van der Waals surface area (Å²) >= 11 is 6.48. The van der Waals surface area contributed by atoms with E-state index in [0.717, 1.165) is 27.4 Å². The second kappa shape index (κ2) is 16.1. The van der Waals surface area contributed by atoms with Gasteiger partial charge in [-0.1, -0.05) is 104 Å². The van der Waals surface area contributed by atoms with E-state index in [0.29, 0.717) is 21.9 Å². The summed E-state index contributed by atoms with van der Waals surface area (Å²) in [6, 6.07) is 3.98. The lowest BCUT2D eigenvalue weighted by Crippen LogP contribution is -2.32. The molecule has 3 aromatic rings. The van der Waals surface area contributed by atoms with Gasteiger partial charge in [-0.3, -0.25) is 14.2 Å². The molecule has 0 saturated heterocycles. The van der Waals surface area contributed by atoms with Crippen molar-refractivity contribution < 1.29 is 0 Å². The third kappa shape index (κ3) is 8.52. The van der Waals surface area contributed by atoms with Crippen LogP contribution in [0.25, 0.3) is 20.2 Å². The predicted molar refractivity (Wildman–Crippen MR) is 164 cm³/mol. The Labute approximate surface area is 233 Å². The molecule has 0 N–H and O–H groups in total. The lowest BCUT2D eigenvalue weighted by molar-refractivity contribution is 0.351. The fraction of sp³-hybridized carbons (Fsp3) is 0.667. The second-order valence-electron chi connectivity index (χ2n) is 10.4. The molecule has 3 aromatic heterocycles. The lowest BCUT2D eigenvalue weighted by atomic mass is 9.94. The van der Waals surface area contributed by atoms with Gasteiger partial charge in [0, 0.05) is 17.3 Å². The SMILES string of the molecule is CCCCCCCCCCC(CCCCCCCC)Cn1c(=O)c2sccc2c2cc(Br)sc2c1=O. The van der Waals surface area contributed by atoms with E-state index >= 15 is 0 Å². The molecule has 0 bridgehead atoms. The summed E-state index contributed by atoms with van der Waals surface area (Å²) in [4.78, 5) is 27.2. The van der Waals surface area contributed by atoms with Crippen LogP contribution < -0.4 is 11.1 Å². The number of halogens is 1. The van der Waals surface area contributed by atoms with E-state index in [1.807, 2.05) is 17.5 Å². The molecule has 0 aliphatic heterocycles. The van der Waals surface area contributed by atoms with Crippen molar-refractivity contribution in [3.63, 3.8) is 0 Å². The van der Waals surface area contributed by atoms with Gasteiger partial charge in [0.25, 0.3) is 11.1 Å². The van der Waals surface area contributed by atoms with Crippen LogP contribution in [0.4, 0.5) is 0 Å². The Bertz CT molecular complexity index is 1180. The van der Waals surface area contributed by atoms with Gasteiger partial charge in [-0.15, -0.1) is 22.7 Å². The van der Waals surface area contributed by atoms with Crippen LogP contribution in [-0.4, -0.2) is 4.57 Å². The summed E-state index contributed by atoms with van der Waals surface area (Å²) in [6.07, 6.45) is 20.3. The average Bonchev–Trinajstić information content (AvgIpc) is 3.50. The molecule has 3 rings (SSSR count). The summed E-state index contributed by atoms with van der Waals surface area (Å²) < 4.78 is 3.92. The van der Waals surface area contributed by atoms with Crippen molar-refractivity contribution in [2.75, 3.05) is 0 Å². The van der Waals surface area contributed by atoms with Crippen LogP contribution in [0.15, 0.2) is 30.9 Å². The molecule has 0 saturated carbocycles. The third-order valence-corrected chi connectivity index (χ3v) is 9.94. The van der Waals surface area contributed by atoms with Gasteiger partial charge in [0.05, 0.1) is 3.79 Å². The third-order valence-electron chi connectivity index (χ3n) is 7.41. The highest BCUT2D eigenvalue weighted by Crippen LogP contribution is 2.32. The highest BCUT2D eigenvalue weighted by molar-refractivity contribution is 9.11. The number of rotatable bonds is 18. The van der Waals surface area contributed by atoms with E-state index < -0.39 is 0 Å². The minimum atomic E-state index is -0.113. The maximum atomic E-state index is 13.6. The van der Waals surface area contributed by atoms with Crippen molar-refractivity contribution in [2.45, 2.75) is 123 Å². The Hall–Kier alpha value is -0.980. The fourth-order valence-electron chi connectivity index (χ4n) is 5.28. The monoisotopic (exact) mass is 593 g/mol. The van der Waals surface area contributed by atoms with Crippen molar-refractivity contribution in [3.05, 3.63) is 42.0 Å². The summed E-state index contributed by atoms with van der Waals surface area (Å²) in [6.45, 7) is 5.07. The van der Waals surface area contributed by atoms with E-state index in [-0.39, 0.29) is 11.1 Å². The summed E-state index contributed by atoms with van der Waals surface area (Å²) in [7, 11) is 0. The van der Waals surface area contributed by atoms with E-state index in [4.69, 9.17) is 0 Å². The van der Waals surface area contributed by atoms with Crippen molar-refractivity contribution in [3.8, 4) is 0 Å². The van der Waals surface area contributed by atoms with Gasteiger partial charge >= 0.3 is 0 Å². The zero-order valence-corrected chi connectivity index (χ0v) is 25.5. The number of fused-ring (bicyclic) bond motifs is 3. The zero-order chi connectivity index (χ0) is 25.8. The Morgan fingerprint density at radius 1 is 0.750 bits per heavy atom. The van der Waals surface area contributed by atoms with Crippen molar-refractivity contribution in [2.24, 2.45) is 5.92 Å². The molecule has 3 heterocycles. The molecule has 1 unspecified atom stereocenters. The Morgan fingerprint density at radius 3 is 1.86 bits per heavy atom. The van der Waals surface area contributed by atoms with Crippen LogP contribution in [-0.2, 0) is 6.54 Å². The number of unbranched alkanes of at least 4 members (excludes halogenated alkanes) is 12. The molecular weight excluding hydrogens is 550 g/mol. The van der Waals surface area contributed by atoms with Gasteiger partial charge < -0.3 is 0 Å². The minimum Gasteiger partial charge on any atom is -0.273 e. The van der Waals surface area contributed by atoms with Crippen molar-refractivity contribution in [1.82, 2.24) is 4.57 Å². The number of hydrogen-bond donors (Lipinski definition) is 0. The molecule has 1 atom stereocenters. The van der Waals surface area contributed by atoms with Crippen LogP contribution in [0.3, 0.4) is 0 Å². The predicted octanol–water partition coefficient (Wildman–Crippen LogP) is 10.3. The van der Waals surface area contributed by atoms with Gasteiger partial charge in [0.15, 0.2) is 0 Å². The molecule has 0 aromatic carbocycles. The molecule has 0 radical (unpaired) electrons. The standard InChI is InChI=1S/C30H44BrNO2S2/c1-3-5-7-9-11-12-14-16-18-23(17-15-13-10-8-6-4-2)22-32-29(33)27-24(19-20-35-27)25-21-26(31)36-28(25)30(32)34/h19-21,23H,3-18,22H2,1-2H3. The molecule has 0 aliphatic carbocycles. The summed E-state index contributed by atoms with van der Waals surface area (Å²) in [5.74, 6) is 0.387. The molecule has 0 spiro atoms. The Kier molecular flexibility index (Phi) is 13.2. The summed E-state index contributed by atoms with van der Waals surface area (Å²) in [5.41, 5.74) is -0.216.